The monoisotopic (exact) mass is 431 g/mol. The van der Waals surface area contributed by atoms with Gasteiger partial charge in [-0.2, -0.15) is 0 Å². The van der Waals surface area contributed by atoms with E-state index in [9.17, 15) is 4.79 Å². The number of thiocarbonyl (C=S) groups is 1. The SMILES string of the molecule is Cc1cc(/C=C2/NC(=S)NC2=O)c(C)n1-c1ccc(C23CC4CC(CC(C4)C2)C3)cc1. The standard InChI is InChI=1S/C26H29N3OS/c1-15-7-20(11-23-24(30)28-25(31)27-23)16(2)29(15)22-5-3-21(4-6-22)26-12-17-8-18(13-26)10-19(9-17)14-26/h3-7,11,17-19H,8-10,12-14H2,1-2H3,(H2,27,28,30,31)/b23-11+. The summed E-state index contributed by atoms with van der Waals surface area (Å²) in [6.07, 6.45) is 10.5. The predicted octanol–water partition coefficient (Wildman–Crippen LogP) is 4.91. The van der Waals surface area contributed by atoms with Gasteiger partial charge >= 0.3 is 0 Å². The Labute approximate surface area is 189 Å². The Kier molecular flexibility index (Phi) is 4.23. The van der Waals surface area contributed by atoms with Crippen LogP contribution in [0.3, 0.4) is 0 Å². The molecule has 2 aromatic rings. The Morgan fingerprint density at radius 2 is 1.61 bits per heavy atom. The Bertz CT molecular complexity index is 1090. The molecule has 5 aliphatic rings. The maximum Gasteiger partial charge on any atom is 0.273 e. The van der Waals surface area contributed by atoms with E-state index >= 15 is 0 Å². The van der Waals surface area contributed by atoms with Crippen molar-refractivity contribution in [2.75, 3.05) is 0 Å². The largest absolute Gasteiger partial charge is 0.328 e. The van der Waals surface area contributed by atoms with E-state index < -0.39 is 0 Å². The van der Waals surface area contributed by atoms with Crippen molar-refractivity contribution >= 4 is 29.3 Å². The van der Waals surface area contributed by atoms with Crippen molar-refractivity contribution < 1.29 is 4.79 Å². The van der Waals surface area contributed by atoms with E-state index in [2.05, 4.69) is 59.4 Å². The Balaban J connectivity index is 1.31. The van der Waals surface area contributed by atoms with Crippen LogP contribution in [0, 0.1) is 31.6 Å². The molecule has 0 atom stereocenters. The molecule has 1 saturated heterocycles. The molecule has 31 heavy (non-hydrogen) atoms. The Hall–Kier alpha value is -2.40. The predicted molar refractivity (Wildman–Crippen MR) is 127 cm³/mol. The lowest BCUT2D eigenvalue weighted by Crippen LogP contribution is -2.48. The molecule has 2 N–H and O–H groups in total. The first kappa shape index (κ1) is 19.3. The molecule has 1 aromatic heterocycles. The van der Waals surface area contributed by atoms with Gasteiger partial charge in [-0.3, -0.25) is 10.1 Å². The fourth-order valence-corrected chi connectivity index (χ4v) is 7.60. The van der Waals surface area contributed by atoms with E-state index in [1.165, 1.54) is 44.2 Å². The fourth-order valence-electron chi connectivity index (χ4n) is 7.40. The maximum atomic E-state index is 12.0. The number of carbonyl (C=O) groups excluding carboxylic acids is 1. The number of amides is 1. The van der Waals surface area contributed by atoms with Gasteiger partial charge in [0.2, 0.25) is 0 Å². The molecular formula is C26H29N3OS. The first-order chi connectivity index (χ1) is 14.9. The van der Waals surface area contributed by atoms with Gasteiger partial charge in [0.1, 0.15) is 5.70 Å². The average Bonchev–Trinajstić information content (AvgIpc) is 3.18. The van der Waals surface area contributed by atoms with Crippen molar-refractivity contribution in [3.05, 3.63) is 58.5 Å². The minimum absolute atomic E-state index is 0.172. The lowest BCUT2D eigenvalue weighted by molar-refractivity contribution is -0.115. The third-order valence-corrected chi connectivity index (χ3v) is 8.47. The number of carbonyl (C=O) groups is 1. The highest BCUT2D eigenvalue weighted by atomic mass is 32.1. The highest BCUT2D eigenvalue weighted by Gasteiger charge is 2.51. The van der Waals surface area contributed by atoms with E-state index in [1.807, 2.05) is 6.08 Å². The van der Waals surface area contributed by atoms with Gasteiger partial charge in [-0.1, -0.05) is 12.1 Å². The summed E-state index contributed by atoms with van der Waals surface area (Å²) in [5, 5.41) is 5.93. The van der Waals surface area contributed by atoms with Gasteiger partial charge in [0, 0.05) is 17.1 Å². The number of rotatable bonds is 3. The number of benzene rings is 1. The third kappa shape index (κ3) is 3.08. The molecule has 5 heteroatoms. The van der Waals surface area contributed by atoms with Gasteiger partial charge in [0.15, 0.2) is 5.11 Å². The molecule has 4 aliphatic carbocycles. The first-order valence-corrected chi connectivity index (χ1v) is 11.9. The highest BCUT2D eigenvalue weighted by molar-refractivity contribution is 7.80. The second-order valence-electron chi connectivity index (χ2n) is 10.4. The summed E-state index contributed by atoms with van der Waals surface area (Å²) in [7, 11) is 0. The topological polar surface area (TPSA) is 46.1 Å². The lowest BCUT2D eigenvalue weighted by atomic mass is 9.48. The first-order valence-electron chi connectivity index (χ1n) is 11.5. The second-order valence-corrected chi connectivity index (χ2v) is 10.8. The molecule has 1 amide bonds. The second kappa shape index (κ2) is 6.80. The van der Waals surface area contributed by atoms with Gasteiger partial charge in [0.25, 0.3) is 5.91 Å². The van der Waals surface area contributed by atoms with Gasteiger partial charge in [-0.15, -0.1) is 0 Å². The maximum absolute atomic E-state index is 12.0. The minimum atomic E-state index is -0.172. The summed E-state index contributed by atoms with van der Waals surface area (Å²) in [5.41, 5.74) is 7.00. The molecule has 2 heterocycles. The molecule has 1 aromatic carbocycles. The van der Waals surface area contributed by atoms with Crippen LogP contribution >= 0.6 is 12.2 Å². The van der Waals surface area contributed by atoms with E-state index in [-0.39, 0.29) is 5.91 Å². The van der Waals surface area contributed by atoms with E-state index in [1.54, 1.807) is 5.56 Å². The van der Waals surface area contributed by atoms with Gasteiger partial charge in [0.05, 0.1) is 0 Å². The summed E-state index contributed by atoms with van der Waals surface area (Å²) < 4.78 is 2.28. The molecule has 4 nitrogen and oxygen atoms in total. The van der Waals surface area contributed by atoms with E-state index in [4.69, 9.17) is 12.2 Å². The molecule has 1 aliphatic heterocycles. The van der Waals surface area contributed by atoms with Crippen LogP contribution in [0.4, 0.5) is 0 Å². The fraction of sp³-hybridized carbons (Fsp3) is 0.462. The molecule has 0 spiro atoms. The molecule has 0 radical (unpaired) electrons. The van der Waals surface area contributed by atoms with Gasteiger partial charge < -0.3 is 9.88 Å². The quantitative estimate of drug-likeness (QED) is 0.536. The zero-order chi connectivity index (χ0) is 21.3. The Morgan fingerprint density at radius 1 is 1.00 bits per heavy atom. The van der Waals surface area contributed by atoms with Gasteiger partial charge in [-0.05, 0) is 123 Å². The molecule has 0 unspecified atom stereocenters. The number of nitrogens with zero attached hydrogens (tertiary/aromatic N) is 1. The van der Waals surface area contributed by atoms with Crippen LogP contribution < -0.4 is 10.6 Å². The van der Waals surface area contributed by atoms with Crippen LogP contribution in [0.5, 0.6) is 0 Å². The van der Waals surface area contributed by atoms with Crippen LogP contribution in [-0.2, 0) is 10.2 Å². The number of hydrogen-bond donors (Lipinski definition) is 2. The molecule has 160 valence electrons. The van der Waals surface area contributed by atoms with Crippen LogP contribution in [0.25, 0.3) is 11.8 Å². The summed E-state index contributed by atoms with van der Waals surface area (Å²) in [6, 6.07) is 11.5. The summed E-state index contributed by atoms with van der Waals surface area (Å²) in [6.45, 7) is 4.23. The number of hydrogen-bond acceptors (Lipinski definition) is 2. The molecule has 5 fully saturated rings. The normalized spacial score (nSPS) is 32.6. The van der Waals surface area contributed by atoms with Crippen molar-refractivity contribution in [2.45, 2.75) is 57.8 Å². The summed E-state index contributed by atoms with van der Waals surface area (Å²) in [5.74, 6) is 2.72. The highest BCUT2D eigenvalue weighted by Crippen LogP contribution is 2.60. The molecular weight excluding hydrogens is 402 g/mol. The van der Waals surface area contributed by atoms with Crippen molar-refractivity contribution in [1.82, 2.24) is 15.2 Å². The van der Waals surface area contributed by atoms with Crippen molar-refractivity contribution in [3.8, 4) is 5.69 Å². The van der Waals surface area contributed by atoms with Crippen molar-refractivity contribution in [3.63, 3.8) is 0 Å². The lowest BCUT2D eigenvalue weighted by Gasteiger charge is -2.57. The molecule has 4 saturated carbocycles. The zero-order valence-electron chi connectivity index (χ0n) is 18.2. The minimum Gasteiger partial charge on any atom is -0.328 e. The van der Waals surface area contributed by atoms with Crippen LogP contribution in [0.2, 0.25) is 0 Å². The molecule has 4 bridgehead atoms. The van der Waals surface area contributed by atoms with Crippen LogP contribution in [-0.4, -0.2) is 15.6 Å². The van der Waals surface area contributed by atoms with Gasteiger partial charge in [-0.25, -0.2) is 0 Å². The zero-order valence-corrected chi connectivity index (χ0v) is 19.0. The van der Waals surface area contributed by atoms with Crippen LogP contribution in [0.1, 0.15) is 61.0 Å². The van der Waals surface area contributed by atoms with Crippen molar-refractivity contribution in [2.24, 2.45) is 17.8 Å². The Morgan fingerprint density at radius 3 is 2.16 bits per heavy atom. The number of nitrogens with one attached hydrogen (secondary N) is 2. The van der Waals surface area contributed by atoms with Crippen LogP contribution in [0.15, 0.2) is 36.0 Å². The summed E-state index contributed by atoms with van der Waals surface area (Å²) >= 11 is 5.05. The average molecular weight is 432 g/mol. The number of aryl methyl sites for hydroxylation is 1. The summed E-state index contributed by atoms with van der Waals surface area (Å²) in [4.78, 5) is 12.0. The smallest absolute Gasteiger partial charge is 0.273 e. The van der Waals surface area contributed by atoms with E-state index in [0.717, 1.165) is 34.7 Å². The molecule has 7 rings (SSSR count). The third-order valence-electron chi connectivity index (χ3n) is 8.27. The van der Waals surface area contributed by atoms with E-state index in [0.29, 0.717) is 16.2 Å². The van der Waals surface area contributed by atoms with Crippen molar-refractivity contribution in [1.29, 1.82) is 0 Å². The number of aromatic nitrogens is 1.